The van der Waals surface area contributed by atoms with Gasteiger partial charge in [-0.2, -0.15) is 0 Å². The first kappa shape index (κ1) is 15.3. The van der Waals surface area contributed by atoms with Gasteiger partial charge in [-0.25, -0.2) is 4.79 Å². The standard InChI is InChI=1S/C13H20N2O4/c1-8-4-9(5-11(12(8)14)13(17)18)15(2)6-10(16)7-19-3/h4-5,10,16H,6-7,14H2,1-3H3,(H,17,18). The minimum atomic E-state index is -1.06. The van der Waals surface area contributed by atoms with Crippen molar-refractivity contribution in [2.24, 2.45) is 0 Å². The first-order valence-electron chi connectivity index (χ1n) is 5.88. The Bertz CT molecular complexity index is 462. The molecule has 6 heteroatoms. The molecule has 1 aromatic carbocycles. The number of aromatic carboxylic acids is 1. The van der Waals surface area contributed by atoms with Gasteiger partial charge in [0.1, 0.15) is 0 Å². The normalized spacial score (nSPS) is 12.2. The van der Waals surface area contributed by atoms with Crippen LogP contribution in [0.25, 0.3) is 0 Å². The summed E-state index contributed by atoms with van der Waals surface area (Å²) >= 11 is 0. The number of ether oxygens (including phenoxy) is 1. The maximum atomic E-state index is 11.1. The number of likely N-dealkylation sites (N-methyl/N-ethyl adjacent to an activating group) is 1. The van der Waals surface area contributed by atoms with E-state index in [0.29, 0.717) is 17.8 Å². The summed E-state index contributed by atoms with van der Waals surface area (Å²) < 4.78 is 4.85. The highest BCUT2D eigenvalue weighted by Gasteiger charge is 2.15. The predicted molar refractivity (Wildman–Crippen MR) is 73.7 cm³/mol. The second-order valence-electron chi connectivity index (χ2n) is 4.52. The Balaban J connectivity index is 2.97. The fourth-order valence-electron chi connectivity index (χ4n) is 1.84. The smallest absolute Gasteiger partial charge is 0.337 e. The molecule has 0 spiro atoms. The van der Waals surface area contributed by atoms with E-state index in [1.165, 1.54) is 13.2 Å². The third kappa shape index (κ3) is 3.84. The molecule has 6 nitrogen and oxygen atoms in total. The number of methoxy groups -OCH3 is 1. The second kappa shape index (κ2) is 6.40. The molecule has 4 N–H and O–H groups in total. The van der Waals surface area contributed by atoms with Gasteiger partial charge in [-0.15, -0.1) is 0 Å². The third-order valence-corrected chi connectivity index (χ3v) is 2.89. The van der Waals surface area contributed by atoms with Gasteiger partial charge in [-0.1, -0.05) is 0 Å². The number of carbonyl (C=O) groups is 1. The molecule has 1 rings (SSSR count). The van der Waals surface area contributed by atoms with Crippen LogP contribution in [0.15, 0.2) is 12.1 Å². The van der Waals surface area contributed by atoms with Gasteiger partial charge in [0, 0.05) is 32.1 Å². The van der Waals surface area contributed by atoms with Gasteiger partial charge in [0.25, 0.3) is 0 Å². The lowest BCUT2D eigenvalue weighted by molar-refractivity contribution is 0.0695. The van der Waals surface area contributed by atoms with Crippen molar-refractivity contribution in [2.75, 3.05) is 37.9 Å². The molecule has 0 radical (unpaired) electrons. The van der Waals surface area contributed by atoms with Crippen LogP contribution in [0, 0.1) is 6.92 Å². The molecule has 1 unspecified atom stereocenters. The molecule has 0 bridgehead atoms. The fraction of sp³-hybridized carbons (Fsp3) is 0.462. The number of hydrogen-bond donors (Lipinski definition) is 3. The number of nitrogen functional groups attached to an aromatic ring is 1. The van der Waals surface area contributed by atoms with E-state index in [2.05, 4.69) is 0 Å². The van der Waals surface area contributed by atoms with Gasteiger partial charge in [-0.3, -0.25) is 0 Å². The molecule has 0 saturated heterocycles. The molecule has 0 aliphatic rings. The topological polar surface area (TPSA) is 96.0 Å². The maximum Gasteiger partial charge on any atom is 0.337 e. The predicted octanol–water partition coefficient (Wildman–Crippen LogP) is 0.719. The van der Waals surface area contributed by atoms with Crippen LogP contribution in [0.1, 0.15) is 15.9 Å². The summed E-state index contributed by atoms with van der Waals surface area (Å²) in [6, 6.07) is 3.30. The Kier molecular flexibility index (Phi) is 5.14. The first-order chi connectivity index (χ1) is 8.86. The molecule has 0 heterocycles. The first-order valence-corrected chi connectivity index (χ1v) is 5.88. The lowest BCUT2D eigenvalue weighted by Crippen LogP contribution is -2.32. The summed E-state index contributed by atoms with van der Waals surface area (Å²) in [6.07, 6.45) is -0.638. The molecule has 19 heavy (non-hydrogen) atoms. The average Bonchev–Trinajstić information content (AvgIpc) is 2.32. The van der Waals surface area contributed by atoms with E-state index >= 15 is 0 Å². The van der Waals surface area contributed by atoms with Gasteiger partial charge in [0.2, 0.25) is 0 Å². The number of aryl methyl sites for hydroxylation is 1. The van der Waals surface area contributed by atoms with Crippen molar-refractivity contribution in [1.82, 2.24) is 0 Å². The molecule has 0 fully saturated rings. The highest BCUT2D eigenvalue weighted by atomic mass is 16.5. The number of anilines is 2. The lowest BCUT2D eigenvalue weighted by Gasteiger charge is -2.23. The zero-order valence-corrected chi connectivity index (χ0v) is 11.4. The number of carboxylic acid groups (broad SMARTS) is 1. The molecule has 0 aliphatic heterocycles. The summed E-state index contributed by atoms with van der Waals surface area (Å²) in [4.78, 5) is 12.9. The highest BCUT2D eigenvalue weighted by molar-refractivity contribution is 5.95. The Morgan fingerprint density at radius 3 is 2.68 bits per heavy atom. The maximum absolute atomic E-state index is 11.1. The van der Waals surface area contributed by atoms with Crippen LogP contribution in [0.2, 0.25) is 0 Å². The van der Waals surface area contributed by atoms with Crippen LogP contribution in [-0.2, 0) is 4.74 Å². The molecule has 0 aliphatic carbocycles. The van der Waals surface area contributed by atoms with Crippen molar-refractivity contribution in [1.29, 1.82) is 0 Å². The number of hydrogen-bond acceptors (Lipinski definition) is 5. The number of nitrogens with zero attached hydrogens (tertiary/aromatic N) is 1. The van der Waals surface area contributed by atoms with E-state index in [0.717, 1.165) is 0 Å². The summed E-state index contributed by atoms with van der Waals surface area (Å²) in [5, 5.41) is 18.8. The van der Waals surface area contributed by atoms with E-state index in [9.17, 15) is 9.90 Å². The number of benzene rings is 1. The van der Waals surface area contributed by atoms with Crippen molar-refractivity contribution in [3.63, 3.8) is 0 Å². The minimum Gasteiger partial charge on any atom is -0.478 e. The molecule has 0 saturated carbocycles. The zero-order valence-electron chi connectivity index (χ0n) is 11.4. The quantitative estimate of drug-likeness (QED) is 0.658. The second-order valence-corrected chi connectivity index (χ2v) is 4.52. The summed E-state index contributed by atoms with van der Waals surface area (Å²) in [6.45, 7) is 2.32. The van der Waals surface area contributed by atoms with Gasteiger partial charge in [0.05, 0.1) is 18.3 Å². The van der Waals surface area contributed by atoms with Gasteiger partial charge in [0.15, 0.2) is 0 Å². The van der Waals surface area contributed by atoms with E-state index in [4.69, 9.17) is 15.6 Å². The zero-order chi connectivity index (χ0) is 14.6. The van der Waals surface area contributed by atoms with Crippen LogP contribution in [0.3, 0.4) is 0 Å². The van der Waals surface area contributed by atoms with Gasteiger partial charge < -0.3 is 25.6 Å². The summed E-state index contributed by atoms with van der Waals surface area (Å²) in [5.41, 5.74) is 7.46. The third-order valence-electron chi connectivity index (χ3n) is 2.89. The number of nitrogens with two attached hydrogens (primary N) is 1. The van der Waals surface area contributed by atoms with Gasteiger partial charge >= 0.3 is 5.97 Å². The number of rotatable bonds is 6. The largest absolute Gasteiger partial charge is 0.478 e. The van der Waals surface area contributed by atoms with E-state index in [-0.39, 0.29) is 17.9 Å². The molecular formula is C13H20N2O4. The van der Waals surface area contributed by atoms with Crippen molar-refractivity contribution in [3.05, 3.63) is 23.3 Å². The van der Waals surface area contributed by atoms with Crippen LogP contribution in [-0.4, -0.2) is 49.6 Å². The van der Waals surface area contributed by atoms with Crippen molar-refractivity contribution < 1.29 is 19.7 Å². The van der Waals surface area contributed by atoms with Crippen molar-refractivity contribution in [3.8, 4) is 0 Å². The van der Waals surface area contributed by atoms with Crippen LogP contribution in [0.5, 0.6) is 0 Å². The van der Waals surface area contributed by atoms with Crippen LogP contribution < -0.4 is 10.6 Å². The highest BCUT2D eigenvalue weighted by Crippen LogP contribution is 2.25. The average molecular weight is 268 g/mol. The molecule has 0 aromatic heterocycles. The van der Waals surface area contributed by atoms with Crippen molar-refractivity contribution >= 4 is 17.3 Å². The lowest BCUT2D eigenvalue weighted by atomic mass is 10.1. The summed E-state index contributed by atoms with van der Waals surface area (Å²) in [7, 11) is 3.29. The Morgan fingerprint density at radius 2 is 2.16 bits per heavy atom. The molecular weight excluding hydrogens is 248 g/mol. The molecule has 1 aromatic rings. The molecule has 106 valence electrons. The fourth-order valence-corrected chi connectivity index (χ4v) is 1.84. The van der Waals surface area contributed by atoms with Crippen LogP contribution >= 0.6 is 0 Å². The molecule has 0 amide bonds. The van der Waals surface area contributed by atoms with E-state index < -0.39 is 12.1 Å². The Hall–Kier alpha value is -1.79. The van der Waals surface area contributed by atoms with E-state index in [1.54, 1.807) is 24.9 Å². The SMILES string of the molecule is COCC(O)CN(C)c1cc(C)c(N)c(C(=O)O)c1. The number of carboxylic acids is 1. The summed E-state index contributed by atoms with van der Waals surface area (Å²) in [5.74, 6) is -1.06. The number of aliphatic hydroxyl groups is 1. The van der Waals surface area contributed by atoms with Crippen molar-refractivity contribution in [2.45, 2.75) is 13.0 Å². The Morgan fingerprint density at radius 1 is 1.53 bits per heavy atom. The van der Waals surface area contributed by atoms with E-state index in [1.807, 2.05) is 0 Å². The molecule has 1 atom stereocenters. The van der Waals surface area contributed by atoms with Crippen LogP contribution in [0.4, 0.5) is 11.4 Å². The van der Waals surface area contributed by atoms with Gasteiger partial charge in [-0.05, 0) is 24.6 Å². The minimum absolute atomic E-state index is 0.0723. The monoisotopic (exact) mass is 268 g/mol. The Labute approximate surface area is 112 Å². The number of aliphatic hydroxyl groups excluding tert-OH is 1.